The molecular weight excluding hydrogens is 105 g/mol. The minimum atomic E-state index is 0. The molecule has 0 saturated carbocycles. The molecular formula is H9F3O3. The second-order valence-electron chi connectivity index (χ2n) is 0. The molecule has 0 saturated heterocycles. The molecule has 0 aromatic heterocycles. The topological polar surface area (TPSA) is 94.5 Å². The minimum Gasteiger partial charge on any atom is -0.412 e. The smallest absolute Gasteiger partial charge is 0.269 e. The number of hydrogen-bond acceptors (Lipinski definition) is 0. The summed E-state index contributed by atoms with van der Waals surface area (Å²) in [5, 5.41) is 0. The van der Waals surface area contributed by atoms with E-state index in [-0.39, 0.29) is 30.5 Å². The first-order chi connectivity index (χ1) is 0. The van der Waals surface area contributed by atoms with Gasteiger partial charge in [-0.1, -0.05) is 0 Å². The van der Waals surface area contributed by atoms with Gasteiger partial charge in [0.15, 0.2) is 0 Å². The molecule has 0 fully saturated rings. The van der Waals surface area contributed by atoms with E-state index in [4.69, 9.17) is 0 Å². The highest BCUT2D eigenvalue weighted by molar-refractivity contribution is 1.11. The number of hydrogen-bond donors (Lipinski definition) is 0. The molecule has 0 aliphatic carbocycles. The largest absolute Gasteiger partial charge is 0.412 e. The van der Waals surface area contributed by atoms with Crippen LogP contribution in [0.1, 0.15) is 0 Å². The van der Waals surface area contributed by atoms with Gasteiger partial charge in [0.1, 0.15) is 0 Å². The van der Waals surface area contributed by atoms with Crippen LogP contribution in [0.2, 0.25) is 0 Å². The summed E-state index contributed by atoms with van der Waals surface area (Å²) in [7, 11) is 0. The first-order valence-corrected chi connectivity index (χ1v) is 0. The van der Waals surface area contributed by atoms with Gasteiger partial charge >= 0.3 is 0 Å². The summed E-state index contributed by atoms with van der Waals surface area (Å²) < 4.78 is 0. The fourth-order valence-corrected chi connectivity index (χ4v) is 0. The molecule has 0 aromatic rings. The van der Waals surface area contributed by atoms with Crippen LogP contribution in [-0.2, 0) is 0 Å². The van der Waals surface area contributed by atoms with Crippen LogP contribution in [-0.4, -0.2) is 16.4 Å². The van der Waals surface area contributed by atoms with Crippen molar-refractivity contribution in [3.63, 3.8) is 0 Å². The molecule has 0 rings (SSSR count). The Morgan fingerprint density at radius 3 is 0.333 bits per heavy atom. The molecule has 0 amide bonds. The summed E-state index contributed by atoms with van der Waals surface area (Å²) in [4.78, 5) is 0. The summed E-state index contributed by atoms with van der Waals surface area (Å²) in [5.74, 6) is 0. The lowest BCUT2D eigenvalue weighted by Crippen LogP contribution is -0.290. The first kappa shape index (κ1) is 1140. The summed E-state index contributed by atoms with van der Waals surface area (Å²) in [5.41, 5.74) is 0. The third-order valence-electron chi connectivity index (χ3n) is 0. The molecule has 0 heterocycles. The molecule has 0 aromatic carbocycles. The molecule has 0 aliphatic heterocycles. The molecule has 0 radical (unpaired) electrons. The molecule has 6 heavy (non-hydrogen) atoms. The zero-order valence-corrected chi connectivity index (χ0v) is 2.72. The SMILES string of the molecule is F.F.F.O.O.O. The maximum Gasteiger partial charge on any atom is -0.269 e. The van der Waals surface area contributed by atoms with Crippen LogP contribution in [0.4, 0.5) is 14.1 Å². The Morgan fingerprint density at radius 2 is 0.333 bits per heavy atom. The molecule has 6 heteroatoms. The Balaban J connectivity index is 0. The Bertz CT molecular complexity index is 6.00. The standard InChI is InChI=1S/3FH.3H2O/h3*1H;3*1H2. The van der Waals surface area contributed by atoms with Gasteiger partial charge in [-0.05, 0) is 0 Å². The quantitative estimate of drug-likeness (QED) is 0.347. The maximum absolute atomic E-state index is 0. The van der Waals surface area contributed by atoms with Gasteiger partial charge in [-0.15, -0.1) is 0 Å². The molecule has 0 atom stereocenters. The van der Waals surface area contributed by atoms with E-state index in [9.17, 15) is 0 Å². The van der Waals surface area contributed by atoms with Crippen molar-refractivity contribution in [3.05, 3.63) is 0 Å². The van der Waals surface area contributed by atoms with Crippen LogP contribution >= 0.6 is 0 Å². The van der Waals surface area contributed by atoms with Crippen molar-refractivity contribution in [1.29, 1.82) is 0 Å². The van der Waals surface area contributed by atoms with Crippen LogP contribution in [0.3, 0.4) is 0 Å². The summed E-state index contributed by atoms with van der Waals surface area (Å²) in [6, 6.07) is 0. The van der Waals surface area contributed by atoms with E-state index in [1.807, 2.05) is 0 Å². The molecule has 48 valence electrons. The van der Waals surface area contributed by atoms with Gasteiger partial charge in [-0.3, -0.25) is 14.1 Å². The van der Waals surface area contributed by atoms with Gasteiger partial charge < -0.3 is 16.4 Å². The highest BCUT2D eigenvalue weighted by Crippen LogP contribution is 0.422. The van der Waals surface area contributed by atoms with Gasteiger partial charge in [-0.2, -0.15) is 0 Å². The van der Waals surface area contributed by atoms with Crippen LogP contribution in [0, 0.1) is 0 Å². The highest BCUT2D eigenvalue weighted by atomic mass is 19.0. The summed E-state index contributed by atoms with van der Waals surface area (Å²) in [6.07, 6.45) is 0. The lowest BCUT2D eigenvalue weighted by atomic mass is 16.0. The normalized spacial score (nSPS) is 0. The summed E-state index contributed by atoms with van der Waals surface area (Å²) >= 11 is 0. The van der Waals surface area contributed by atoms with E-state index in [1.165, 1.54) is 0 Å². The molecule has 0 unspecified atom stereocenters. The van der Waals surface area contributed by atoms with Gasteiger partial charge in [-0.25, -0.2) is 0 Å². The van der Waals surface area contributed by atoms with Crippen LogP contribution < -0.4 is 0 Å². The summed E-state index contributed by atoms with van der Waals surface area (Å²) in [6.45, 7) is 0. The fourth-order valence-electron chi connectivity index (χ4n) is 0. The zero-order chi connectivity index (χ0) is 0. The van der Waals surface area contributed by atoms with Gasteiger partial charge in [0.05, 0.1) is 0 Å². The van der Waals surface area contributed by atoms with Crippen LogP contribution in [0.15, 0.2) is 0 Å². The van der Waals surface area contributed by atoms with E-state index in [1.54, 1.807) is 0 Å². The predicted molar refractivity (Wildman–Crippen MR) is 18.4 cm³/mol. The average Bonchev–Trinajstić information content (AvgIpc) is 0. The fraction of sp³-hybridized carbons (Fsp3) is 0. The van der Waals surface area contributed by atoms with Crippen molar-refractivity contribution in [2.75, 3.05) is 0 Å². The Morgan fingerprint density at radius 1 is 0.333 bits per heavy atom. The van der Waals surface area contributed by atoms with Crippen molar-refractivity contribution in [3.8, 4) is 0 Å². The minimum absolute atomic E-state index is 0. The molecule has 6 N–H and O–H groups in total. The van der Waals surface area contributed by atoms with Crippen molar-refractivity contribution in [1.82, 2.24) is 0 Å². The van der Waals surface area contributed by atoms with Gasteiger partial charge in [0.2, 0.25) is 0 Å². The Kier molecular flexibility index (Phi) is 109000. The van der Waals surface area contributed by atoms with Gasteiger partial charge in [0, 0.05) is 0 Å². The second kappa shape index (κ2) is 578. The molecule has 0 aliphatic rings. The predicted octanol–water partition coefficient (Wildman–Crippen LogP) is -2.02. The van der Waals surface area contributed by atoms with Crippen molar-refractivity contribution in [2.45, 2.75) is 0 Å². The Labute approximate surface area is 32.0 Å². The lowest BCUT2D eigenvalue weighted by molar-refractivity contribution is 0.823. The van der Waals surface area contributed by atoms with E-state index < -0.39 is 0 Å². The van der Waals surface area contributed by atoms with Crippen molar-refractivity contribution < 1.29 is 30.5 Å². The van der Waals surface area contributed by atoms with Gasteiger partial charge in [0.25, 0.3) is 0 Å². The Hall–Kier alpha value is -0.330. The third kappa shape index (κ3) is 240. The van der Waals surface area contributed by atoms with Crippen LogP contribution in [0.5, 0.6) is 0 Å². The van der Waals surface area contributed by atoms with Crippen LogP contribution in [0.25, 0.3) is 0 Å². The first-order valence-electron chi connectivity index (χ1n) is 0. The molecule has 0 bridgehead atoms. The number of halogens is 3. The second-order valence-corrected chi connectivity index (χ2v) is 0. The van der Waals surface area contributed by atoms with E-state index >= 15 is 0 Å². The maximum atomic E-state index is 0. The monoisotopic (exact) mass is 114 g/mol. The van der Waals surface area contributed by atoms with Crippen molar-refractivity contribution >= 4 is 0 Å². The van der Waals surface area contributed by atoms with E-state index in [0.29, 0.717) is 0 Å². The lowest BCUT2D eigenvalue weighted by Gasteiger charge is -0.413. The third-order valence-corrected chi connectivity index (χ3v) is 0. The van der Waals surface area contributed by atoms with Crippen molar-refractivity contribution in [2.24, 2.45) is 0 Å². The number of rotatable bonds is 0. The average molecular weight is 114 g/mol. The zero-order valence-electron chi connectivity index (χ0n) is 2.72. The van der Waals surface area contributed by atoms with E-state index in [2.05, 4.69) is 0 Å². The molecule has 0 spiro atoms. The molecule has 3 nitrogen and oxygen atoms in total. The highest BCUT2D eigenvalue weighted by Gasteiger charge is -0.267. The van der Waals surface area contributed by atoms with E-state index in [0.717, 1.165) is 0 Å².